The maximum absolute atomic E-state index is 6.16. The summed E-state index contributed by atoms with van der Waals surface area (Å²) in [6.07, 6.45) is 0. The fourth-order valence-electron chi connectivity index (χ4n) is 4.25. The van der Waals surface area contributed by atoms with E-state index in [1.807, 2.05) is 18.2 Å². The van der Waals surface area contributed by atoms with Gasteiger partial charge in [0.25, 0.3) is 0 Å². The number of H-pyrrole nitrogens is 1. The molecule has 170 valence electrons. The van der Waals surface area contributed by atoms with Crippen molar-refractivity contribution in [3.05, 3.63) is 103 Å². The second-order valence-corrected chi connectivity index (χ2v) is 9.80. The number of hydrogen-bond donors (Lipinski definition) is 1. The lowest BCUT2D eigenvalue weighted by atomic mass is 9.78. The summed E-state index contributed by atoms with van der Waals surface area (Å²) in [5, 5.41) is 2.44. The van der Waals surface area contributed by atoms with Gasteiger partial charge < -0.3 is 14.3 Å². The van der Waals surface area contributed by atoms with Crippen LogP contribution in [0.5, 0.6) is 0 Å². The summed E-state index contributed by atoms with van der Waals surface area (Å²) in [7, 11) is -0.317. The van der Waals surface area contributed by atoms with Crippen molar-refractivity contribution in [2.24, 2.45) is 0 Å². The Balaban J connectivity index is 0.000000169. The van der Waals surface area contributed by atoms with E-state index in [1.165, 1.54) is 21.9 Å². The Hall–Kier alpha value is -3.34. The molecule has 4 heteroatoms. The summed E-state index contributed by atoms with van der Waals surface area (Å²) in [5.74, 6) is 0. The van der Waals surface area contributed by atoms with Crippen LogP contribution in [0.25, 0.3) is 32.9 Å². The number of benzene rings is 4. The predicted molar refractivity (Wildman–Crippen MR) is 143 cm³/mol. The minimum Gasteiger partial charge on any atom is -0.399 e. The van der Waals surface area contributed by atoms with Crippen molar-refractivity contribution in [3.63, 3.8) is 0 Å². The topological polar surface area (TPSA) is 34.2 Å². The van der Waals surface area contributed by atoms with Crippen molar-refractivity contribution in [1.29, 1.82) is 0 Å². The highest BCUT2D eigenvalue weighted by Crippen LogP contribution is 2.37. The largest absolute Gasteiger partial charge is 0.494 e. The molecule has 0 amide bonds. The van der Waals surface area contributed by atoms with Crippen LogP contribution in [0.4, 0.5) is 0 Å². The van der Waals surface area contributed by atoms with Gasteiger partial charge in [-0.05, 0) is 56.4 Å². The van der Waals surface area contributed by atoms with Crippen LogP contribution in [-0.4, -0.2) is 23.3 Å². The Labute approximate surface area is 201 Å². The molecular formula is C30H30BNO2. The van der Waals surface area contributed by atoms with Crippen LogP contribution in [0.2, 0.25) is 0 Å². The third-order valence-corrected chi connectivity index (χ3v) is 6.94. The third kappa shape index (κ3) is 4.27. The van der Waals surface area contributed by atoms with Crippen LogP contribution >= 0.6 is 0 Å². The van der Waals surface area contributed by atoms with Crippen LogP contribution in [0.1, 0.15) is 27.7 Å². The zero-order valence-corrected chi connectivity index (χ0v) is 20.2. The van der Waals surface area contributed by atoms with Crippen LogP contribution in [0, 0.1) is 0 Å². The predicted octanol–water partition coefficient (Wildman–Crippen LogP) is 6.97. The summed E-state index contributed by atoms with van der Waals surface area (Å²) < 4.78 is 12.3. The first-order valence-corrected chi connectivity index (χ1v) is 11.8. The van der Waals surface area contributed by atoms with Gasteiger partial charge >= 0.3 is 7.12 Å². The molecule has 1 N–H and O–H groups in total. The number of fused-ring (bicyclic) bond motifs is 3. The lowest BCUT2D eigenvalue weighted by molar-refractivity contribution is 0.00578. The van der Waals surface area contributed by atoms with Gasteiger partial charge in [0.1, 0.15) is 0 Å². The molecule has 6 rings (SSSR count). The summed E-state index contributed by atoms with van der Waals surface area (Å²) >= 11 is 0. The minimum atomic E-state index is -0.317. The van der Waals surface area contributed by atoms with Crippen LogP contribution in [-0.2, 0) is 9.31 Å². The van der Waals surface area contributed by atoms with E-state index in [0.29, 0.717) is 0 Å². The van der Waals surface area contributed by atoms with E-state index in [2.05, 4.69) is 118 Å². The number of aromatic amines is 1. The number of rotatable bonds is 2. The van der Waals surface area contributed by atoms with E-state index in [4.69, 9.17) is 9.31 Å². The molecule has 0 bridgehead atoms. The Morgan fingerprint density at radius 1 is 0.559 bits per heavy atom. The molecule has 0 atom stereocenters. The molecule has 0 radical (unpaired) electrons. The lowest BCUT2D eigenvalue weighted by Crippen LogP contribution is -2.41. The fraction of sp³-hybridized carbons (Fsp3) is 0.200. The molecule has 1 aliphatic heterocycles. The second kappa shape index (κ2) is 8.79. The van der Waals surface area contributed by atoms with Gasteiger partial charge in [0.15, 0.2) is 0 Å². The maximum Gasteiger partial charge on any atom is 0.494 e. The van der Waals surface area contributed by atoms with E-state index >= 15 is 0 Å². The number of nitrogens with one attached hydrogen (secondary N) is 1. The number of hydrogen-bond acceptors (Lipinski definition) is 2. The molecule has 1 saturated heterocycles. The number of para-hydroxylation sites is 1. The molecule has 0 saturated carbocycles. The fourth-order valence-corrected chi connectivity index (χ4v) is 4.25. The lowest BCUT2D eigenvalue weighted by Gasteiger charge is -2.32. The SMILES string of the molecule is CC1(C)OB(c2ccc3[nH]c4ccccc4c3c2)OC1(C)C.c1ccc(-c2ccccc2)cc1. The highest BCUT2D eigenvalue weighted by atomic mass is 16.7. The summed E-state index contributed by atoms with van der Waals surface area (Å²) in [5.41, 5.74) is 5.29. The van der Waals surface area contributed by atoms with Crippen LogP contribution in [0.15, 0.2) is 103 Å². The average Bonchev–Trinajstić information content (AvgIpc) is 3.33. The summed E-state index contributed by atoms with van der Waals surface area (Å²) in [6, 6.07) is 35.5. The number of aromatic nitrogens is 1. The van der Waals surface area contributed by atoms with Gasteiger partial charge in [-0.2, -0.15) is 0 Å². The molecule has 1 fully saturated rings. The highest BCUT2D eigenvalue weighted by molar-refractivity contribution is 6.62. The standard InChI is InChI=1S/C18H20BNO2.C12H10/c1-17(2)18(3,4)22-19(21-17)12-9-10-16-14(11-12)13-7-5-6-8-15(13)20-16;1-3-7-11(8-4-1)12-9-5-2-6-10-12/h5-11,20H,1-4H3;1-10H. The van der Waals surface area contributed by atoms with E-state index < -0.39 is 0 Å². The third-order valence-electron chi connectivity index (χ3n) is 6.94. The van der Waals surface area contributed by atoms with Gasteiger partial charge in [-0.15, -0.1) is 0 Å². The average molecular weight is 447 g/mol. The first-order chi connectivity index (χ1) is 16.3. The van der Waals surface area contributed by atoms with E-state index in [0.717, 1.165) is 16.5 Å². The van der Waals surface area contributed by atoms with Crippen molar-refractivity contribution >= 4 is 34.4 Å². The van der Waals surface area contributed by atoms with Gasteiger partial charge in [0.05, 0.1) is 11.2 Å². The molecular weight excluding hydrogens is 417 g/mol. The molecule has 34 heavy (non-hydrogen) atoms. The van der Waals surface area contributed by atoms with E-state index in [-0.39, 0.29) is 18.3 Å². The quantitative estimate of drug-likeness (QED) is 0.297. The van der Waals surface area contributed by atoms with E-state index in [9.17, 15) is 0 Å². The van der Waals surface area contributed by atoms with Gasteiger partial charge in [-0.3, -0.25) is 0 Å². The van der Waals surface area contributed by atoms with Gasteiger partial charge in [0, 0.05) is 21.8 Å². The van der Waals surface area contributed by atoms with Crippen molar-refractivity contribution in [3.8, 4) is 11.1 Å². The van der Waals surface area contributed by atoms with Crippen molar-refractivity contribution in [2.75, 3.05) is 0 Å². The van der Waals surface area contributed by atoms with Gasteiger partial charge in [-0.1, -0.05) is 91.0 Å². The molecule has 0 aliphatic carbocycles. The summed E-state index contributed by atoms with van der Waals surface area (Å²) in [6.45, 7) is 8.32. The monoisotopic (exact) mass is 447 g/mol. The zero-order chi connectivity index (χ0) is 23.8. The second-order valence-electron chi connectivity index (χ2n) is 9.80. The smallest absolute Gasteiger partial charge is 0.399 e. The van der Waals surface area contributed by atoms with E-state index in [1.54, 1.807) is 0 Å². The summed E-state index contributed by atoms with van der Waals surface area (Å²) in [4.78, 5) is 3.45. The Bertz CT molecular complexity index is 1350. The molecule has 1 aliphatic rings. The normalized spacial score (nSPS) is 16.4. The maximum atomic E-state index is 6.16. The zero-order valence-electron chi connectivity index (χ0n) is 20.2. The molecule has 1 aromatic heterocycles. The molecule has 2 heterocycles. The Morgan fingerprint density at radius 3 is 1.65 bits per heavy atom. The van der Waals surface area contributed by atoms with Gasteiger partial charge in [0.2, 0.25) is 0 Å². The Morgan fingerprint density at radius 2 is 1.06 bits per heavy atom. The molecule has 0 unspecified atom stereocenters. The van der Waals surface area contributed by atoms with Crippen LogP contribution < -0.4 is 5.46 Å². The van der Waals surface area contributed by atoms with Crippen molar-refractivity contribution < 1.29 is 9.31 Å². The van der Waals surface area contributed by atoms with Crippen LogP contribution in [0.3, 0.4) is 0 Å². The molecule has 0 spiro atoms. The van der Waals surface area contributed by atoms with Gasteiger partial charge in [-0.25, -0.2) is 0 Å². The molecule has 4 aromatic carbocycles. The van der Waals surface area contributed by atoms with Crippen molar-refractivity contribution in [1.82, 2.24) is 4.98 Å². The first kappa shape index (κ1) is 22.5. The Kier molecular flexibility index (Phi) is 5.80. The minimum absolute atomic E-state index is 0.313. The van der Waals surface area contributed by atoms with Crippen molar-refractivity contribution in [2.45, 2.75) is 38.9 Å². The molecule has 5 aromatic rings. The highest BCUT2D eigenvalue weighted by Gasteiger charge is 2.51. The molecule has 3 nitrogen and oxygen atoms in total. The first-order valence-electron chi connectivity index (χ1n) is 11.8.